The number of nitrogens with zero attached hydrogens (tertiary/aromatic N) is 2. The fourth-order valence-corrected chi connectivity index (χ4v) is 2.89. The second kappa shape index (κ2) is 6.97. The van der Waals surface area contributed by atoms with Crippen molar-refractivity contribution in [2.24, 2.45) is 7.05 Å². The number of aromatic nitrogens is 2. The van der Waals surface area contributed by atoms with Gasteiger partial charge in [-0.05, 0) is 6.92 Å². The van der Waals surface area contributed by atoms with E-state index in [1.165, 1.54) is 0 Å². The molecule has 1 aromatic heterocycles. The number of anilines is 1. The van der Waals surface area contributed by atoms with Crippen LogP contribution in [0.15, 0.2) is 24.3 Å². The van der Waals surface area contributed by atoms with Gasteiger partial charge in [0.1, 0.15) is 5.82 Å². The zero-order valence-corrected chi connectivity index (χ0v) is 14.1. The average molecular weight is 326 g/mol. The maximum Gasteiger partial charge on any atom is 0.225 e. The third-order valence-electron chi connectivity index (χ3n) is 4.28. The number of aryl methyl sites for hydroxylation is 2. The van der Waals surface area contributed by atoms with Crippen molar-refractivity contribution in [2.75, 3.05) is 11.9 Å². The number of Topliss-reactive ketones (excluding diaryl/α,β-unsaturated/α-hetero) is 1. The smallest absolute Gasteiger partial charge is 0.225 e. The highest BCUT2D eigenvalue weighted by atomic mass is 16.2. The monoisotopic (exact) mass is 326 g/mol. The Kier molecular flexibility index (Phi) is 4.76. The van der Waals surface area contributed by atoms with E-state index in [0.717, 1.165) is 35.6 Å². The third kappa shape index (κ3) is 3.54. The molecule has 0 unspecified atom stereocenters. The van der Waals surface area contributed by atoms with Crippen molar-refractivity contribution in [3.8, 4) is 0 Å². The zero-order valence-electron chi connectivity index (χ0n) is 14.1. The highest BCUT2D eigenvalue weighted by molar-refractivity contribution is 6.00. The lowest BCUT2D eigenvalue weighted by Crippen LogP contribution is -2.24. The number of hydrogen-bond acceptors (Lipinski definition) is 4. The molecular formula is C18H22N4O2. The van der Waals surface area contributed by atoms with Crippen LogP contribution in [0.1, 0.15) is 40.0 Å². The Labute approximate surface area is 141 Å². The maximum atomic E-state index is 12.2. The van der Waals surface area contributed by atoms with Crippen LogP contribution in [0.2, 0.25) is 0 Å². The normalized spacial score (nSPS) is 13.4. The Morgan fingerprint density at radius 2 is 2.00 bits per heavy atom. The quantitative estimate of drug-likeness (QED) is 0.824. The molecule has 6 heteroatoms. The molecule has 0 fully saturated rings. The largest absolute Gasteiger partial charge is 0.312 e. The minimum atomic E-state index is -0.160. The molecule has 6 nitrogen and oxygen atoms in total. The predicted octanol–water partition coefficient (Wildman–Crippen LogP) is 1.98. The molecule has 24 heavy (non-hydrogen) atoms. The molecule has 3 rings (SSSR count). The van der Waals surface area contributed by atoms with Gasteiger partial charge in [-0.25, -0.2) is 0 Å². The first-order chi connectivity index (χ1) is 11.5. The summed E-state index contributed by atoms with van der Waals surface area (Å²) in [6.07, 6.45) is 1.23. The van der Waals surface area contributed by atoms with Crippen LogP contribution in [-0.4, -0.2) is 28.0 Å². The van der Waals surface area contributed by atoms with Gasteiger partial charge in [-0.1, -0.05) is 29.8 Å². The molecule has 0 spiro atoms. The van der Waals surface area contributed by atoms with Crippen molar-refractivity contribution in [3.05, 3.63) is 46.6 Å². The summed E-state index contributed by atoms with van der Waals surface area (Å²) in [7, 11) is 1.82. The number of amides is 1. The summed E-state index contributed by atoms with van der Waals surface area (Å²) in [5, 5.41) is 10.6. The SMILES string of the molecule is Cc1ccc(C(=O)CCC(=O)Nc2c3c(nn2C)CCNC3)cc1. The number of nitrogens with one attached hydrogen (secondary N) is 2. The Morgan fingerprint density at radius 1 is 1.25 bits per heavy atom. The summed E-state index contributed by atoms with van der Waals surface area (Å²) in [5.41, 5.74) is 3.83. The number of rotatable bonds is 5. The van der Waals surface area contributed by atoms with Gasteiger partial charge in [0.25, 0.3) is 0 Å². The van der Waals surface area contributed by atoms with Gasteiger partial charge in [0.15, 0.2) is 5.78 Å². The van der Waals surface area contributed by atoms with E-state index in [1.54, 1.807) is 16.8 Å². The Balaban J connectivity index is 1.59. The van der Waals surface area contributed by atoms with Gasteiger partial charge in [0.2, 0.25) is 5.91 Å². The van der Waals surface area contributed by atoms with Crippen molar-refractivity contribution in [2.45, 2.75) is 32.7 Å². The number of fused-ring (bicyclic) bond motifs is 1. The van der Waals surface area contributed by atoms with E-state index in [2.05, 4.69) is 15.7 Å². The van der Waals surface area contributed by atoms with Crippen LogP contribution in [0.25, 0.3) is 0 Å². The minimum Gasteiger partial charge on any atom is -0.312 e. The lowest BCUT2D eigenvalue weighted by molar-refractivity contribution is -0.116. The van der Waals surface area contributed by atoms with Crippen LogP contribution in [0.5, 0.6) is 0 Å². The molecule has 126 valence electrons. The first-order valence-electron chi connectivity index (χ1n) is 8.20. The standard InChI is InChI=1S/C18H22N4O2/c1-12-3-5-13(6-4-12)16(23)7-8-17(24)20-18-14-11-19-10-9-15(14)21-22(18)2/h3-6,19H,7-11H2,1-2H3,(H,20,24). The molecule has 0 saturated heterocycles. The third-order valence-corrected chi connectivity index (χ3v) is 4.28. The number of carbonyl (C=O) groups is 2. The summed E-state index contributed by atoms with van der Waals surface area (Å²) in [5.74, 6) is 0.552. The van der Waals surface area contributed by atoms with Gasteiger partial charge in [0, 0.05) is 50.5 Å². The zero-order chi connectivity index (χ0) is 17.1. The molecule has 2 aromatic rings. The number of hydrogen-bond donors (Lipinski definition) is 2. The Hall–Kier alpha value is -2.47. The lowest BCUT2D eigenvalue weighted by atomic mass is 10.0. The summed E-state index contributed by atoms with van der Waals surface area (Å²) in [4.78, 5) is 24.4. The maximum absolute atomic E-state index is 12.2. The second-order valence-electron chi connectivity index (χ2n) is 6.16. The van der Waals surface area contributed by atoms with Gasteiger partial charge in [0.05, 0.1) is 5.69 Å². The molecule has 2 N–H and O–H groups in total. The summed E-state index contributed by atoms with van der Waals surface area (Å²) >= 11 is 0. The van der Waals surface area contributed by atoms with E-state index >= 15 is 0 Å². The fraction of sp³-hybridized carbons (Fsp3) is 0.389. The molecule has 2 heterocycles. The predicted molar refractivity (Wildman–Crippen MR) is 92.0 cm³/mol. The van der Waals surface area contributed by atoms with Crippen molar-refractivity contribution < 1.29 is 9.59 Å². The van der Waals surface area contributed by atoms with Gasteiger partial charge in [-0.3, -0.25) is 14.3 Å². The van der Waals surface area contributed by atoms with E-state index < -0.39 is 0 Å². The van der Waals surface area contributed by atoms with Crippen molar-refractivity contribution in [1.29, 1.82) is 0 Å². The molecule has 1 aliphatic rings. The topological polar surface area (TPSA) is 76.0 Å². The van der Waals surface area contributed by atoms with E-state index in [1.807, 2.05) is 26.1 Å². The molecule has 1 aromatic carbocycles. The molecule has 0 saturated carbocycles. The number of carbonyl (C=O) groups excluding carboxylic acids is 2. The van der Waals surface area contributed by atoms with Crippen LogP contribution in [0, 0.1) is 6.92 Å². The van der Waals surface area contributed by atoms with E-state index in [0.29, 0.717) is 12.1 Å². The van der Waals surface area contributed by atoms with Gasteiger partial charge >= 0.3 is 0 Å². The average Bonchev–Trinajstić information content (AvgIpc) is 2.89. The van der Waals surface area contributed by atoms with Gasteiger partial charge in [-0.15, -0.1) is 0 Å². The molecular weight excluding hydrogens is 304 g/mol. The van der Waals surface area contributed by atoms with Crippen LogP contribution in [-0.2, 0) is 24.8 Å². The first-order valence-corrected chi connectivity index (χ1v) is 8.20. The molecule has 1 aliphatic heterocycles. The van der Waals surface area contributed by atoms with E-state index in [9.17, 15) is 9.59 Å². The summed E-state index contributed by atoms with van der Waals surface area (Å²) in [6, 6.07) is 7.42. The van der Waals surface area contributed by atoms with Crippen LogP contribution < -0.4 is 10.6 Å². The van der Waals surface area contributed by atoms with E-state index in [4.69, 9.17) is 0 Å². The summed E-state index contributed by atoms with van der Waals surface area (Å²) < 4.78 is 1.71. The fourth-order valence-electron chi connectivity index (χ4n) is 2.89. The van der Waals surface area contributed by atoms with Gasteiger partial charge in [-0.2, -0.15) is 5.10 Å². The van der Waals surface area contributed by atoms with Gasteiger partial charge < -0.3 is 10.6 Å². The summed E-state index contributed by atoms with van der Waals surface area (Å²) in [6.45, 7) is 3.59. The van der Waals surface area contributed by atoms with Crippen molar-refractivity contribution >= 4 is 17.5 Å². The van der Waals surface area contributed by atoms with Crippen LogP contribution in [0.4, 0.5) is 5.82 Å². The van der Waals surface area contributed by atoms with Crippen LogP contribution in [0.3, 0.4) is 0 Å². The van der Waals surface area contributed by atoms with Crippen LogP contribution >= 0.6 is 0 Å². The molecule has 0 bridgehead atoms. The Bertz CT molecular complexity index is 762. The molecule has 0 atom stereocenters. The van der Waals surface area contributed by atoms with E-state index in [-0.39, 0.29) is 24.5 Å². The second-order valence-corrected chi connectivity index (χ2v) is 6.16. The molecule has 1 amide bonds. The number of benzene rings is 1. The number of ketones is 1. The first kappa shape index (κ1) is 16.4. The lowest BCUT2D eigenvalue weighted by Gasteiger charge is -2.13. The highest BCUT2D eigenvalue weighted by Gasteiger charge is 2.20. The molecule has 0 aliphatic carbocycles. The van der Waals surface area contributed by atoms with Crippen molar-refractivity contribution in [3.63, 3.8) is 0 Å². The molecule has 0 radical (unpaired) electrons. The highest BCUT2D eigenvalue weighted by Crippen LogP contribution is 2.22. The van der Waals surface area contributed by atoms with Crippen molar-refractivity contribution in [1.82, 2.24) is 15.1 Å². The minimum absolute atomic E-state index is 0.0150. The Morgan fingerprint density at radius 3 is 2.75 bits per heavy atom.